The highest BCUT2D eigenvalue weighted by Crippen LogP contribution is 2.23. The molecule has 4 nitrogen and oxygen atoms in total. The Balaban J connectivity index is 1.87. The van der Waals surface area contributed by atoms with Crippen LogP contribution in [0.1, 0.15) is 37.5 Å². The normalized spacial score (nSPS) is 12.1. The van der Waals surface area contributed by atoms with Crippen LogP contribution in [-0.2, 0) is 28.3 Å². The molecule has 7 heteroatoms. The SMILES string of the molecule is CC(C)(C)NC(=O)[C@@H](Cc1ccccc1)N(Cc1ccc(F)cc1)C(=O)CSCc1ccccc1Cl. The smallest absolute Gasteiger partial charge is 0.243 e. The molecule has 0 bridgehead atoms. The van der Waals surface area contributed by atoms with Crippen LogP contribution >= 0.6 is 23.4 Å². The minimum absolute atomic E-state index is 0.165. The summed E-state index contributed by atoms with van der Waals surface area (Å²) in [4.78, 5) is 28.7. The van der Waals surface area contributed by atoms with Crippen LogP contribution in [0, 0.1) is 5.82 Å². The fourth-order valence-corrected chi connectivity index (χ4v) is 4.94. The Bertz CT molecular complexity index is 1150. The van der Waals surface area contributed by atoms with Crippen molar-refractivity contribution < 1.29 is 14.0 Å². The number of thioether (sulfide) groups is 1. The van der Waals surface area contributed by atoms with Crippen LogP contribution in [0.4, 0.5) is 4.39 Å². The van der Waals surface area contributed by atoms with E-state index in [0.29, 0.717) is 17.2 Å². The van der Waals surface area contributed by atoms with E-state index in [4.69, 9.17) is 11.6 Å². The van der Waals surface area contributed by atoms with Crippen molar-refractivity contribution in [3.05, 3.63) is 106 Å². The molecule has 0 aliphatic carbocycles. The summed E-state index contributed by atoms with van der Waals surface area (Å²) in [5, 5.41) is 3.70. The van der Waals surface area contributed by atoms with Gasteiger partial charge in [-0.1, -0.05) is 72.3 Å². The van der Waals surface area contributed by atoms with Gasteiger partial charge in [-0.25, -0.2) is 4.39 Å². The number of hydrogen-bond donors (Lipinski definition) is 1. The van der Waals surface area contributed by atoms with Crippen molar-refractivity contribution in [3.63, 3.8) is 0 Å². The summed E-state index contributed by atoms with van der Waals surface area (Å²) in [5.74, 6) is 0.0194. The lowest BCUT2D eigenvalue weighted by Crippen LogP contribution is -2.54. The second kappa shape index (κ2) is 12.9. The molecule has 36 heavy (non-hydrogen) atoms. The molecule has 0 heterocycles. The van der Waals surface area contributed by atoms with E-state index in [1.807, 2.05) is 75.4 Å². The first-order valence-electron chi connectivity index (χ1n) is 11.8. The number of nitrogens with zero attached hydrogens (tertiary/aromatic N) is 1. The third kappa shape index (κ3) is 8.68. The van der Waals surface area contributed by atoms with Gasteiger partial charge in [0.1, 0.15) is 11.9 Å². The average Bonchev–Trinajstić information content (AvgIpc) is 2.83. The third-order valence-corrected chi connectivity index (χ3v) is 6.81. The van der Waals surface area contributed by atoms with Gasteiger partial charge < -0.3 is 10.2 Å². The Morgan fingerprint density at radius 2 is 1.58 bits per heavy atom. The molecule has 3 aromatic rings. The van der Waals surface area contributed by atoms with E-state index < -0.39 is 11.6 Å². The first kappa shape index (κ1) is 27.8. The number of amides is 2. The molecule has 0 spiro atoms. The van der Waals surface area contributed by atoms with Gasteiger partial charge in [-0.05, 0) is 55.7 Å². The molecule has 3 rings (SSSR count). The van der Waals surface area contributed by atoms with Gasteiger partial charge in [0.25, 0.3) is 0 Å². The topological polar surface area (TPSA) is 49.4 Å². The van der Waals surface area contributed by atoms with Gasteiger partial charge >= 0.3 is 0 Å². The van der Waals surface area contributed by atoms with Crippen molar-refractivity contribution >= 4 is 35.2 Å². The molecule has 3 aromatic carbocycles. The Morgan fingerprint density at radius 1 is 0.944 bits per heavy atom. The minimum Gasteiger partial charge on any atom is -0.350 e. The summed E-state index contributed by atoms with van der Waals surface area (Å²) < 4.78 is 13.5. The maximum Gasteiger partial charge on any atom is 0.243 e. The van der Waals surface area contributed by atoms with E-state index in [0.717, 1.165) is 16.7 Å². The summed E-state index contributed by atoms with van der Waals surface area (Å²) in [5.41, 5.74) is 2.19. The van der Waals surface area contributed by atoms with Gasteiger partial charge in [-0.15, -0.1) is 11.8 Å². The van der Waals surface area contributed by atoms with Crippen molar-refractivity contribution in [2.45, 2.75) is 51.1 Å². The van der Waals surface area contributed by atoms with Crippen LogP contribution in [0.2, 0.25) is 5.02 Å². The summed E-state index contributed by atoms with van der Waals surface area (Å²) in [6.45, 7) is 5.93. The molecule has 0 saturated heterocycles. The molecule has 0 aliphatic heterocycles. The molecule has 0 aliphatic rings. The number of carbonyl (C=O) groups excluding carboxylic acids is 2. The molecule has 1 N–H and O–H groups in total. The zero-order valence-electron chi connectivity index (χ0n) is 20.8. The Kier molecular flexibility index (Phi) is 9.97. The van der Waals surface area contributed by atoms with E-state index in [1.165, 1.54) is 23.9 Å². The van der Waals surface area contributed by atoms with Crippen LogP contribution in [0.5, 0.6) is 0 Å². The van der Waals surface area contributed by atoms with Gasteiger partial charge in [-0.2, -0.15) is 0 Å². The van der Waals surface area contributed by atoms with E-state index in [1.54, 1.807) is 17.0 Å². The van der Waals surface area contributed by atoms with Crippen molar-refractivity contribution in [2.75, 3.05) is 5.75 Å². The van der Waals surface area contributed by atoms with Gasteiger partial charge in [0.2, 0.25) is 11.8 Å². The van der Waals surface area contributed by atoms with Crippen LogP contribution in [0.15, 0.2) is 78.9 Å². The van der Waals surface area contributed by atoms with Gasteiger partial charge in [-0.3, -0.25) is 9.59 Å². The summed E-state index contributed by atoms with van der Waals surface area (Å²) in [6.07, 6.45) is 0.366. The first-order chi connectivity index (χ1) is 17.1. The molecule has 1 atom stereocenters. The van der Waals surface area contributed by atoms with E-state index >= 15 is 0 Å². The summed E-state index contributed by atoms with van der Waals surface area (Å²) >= 11 is 7.72. The Labute approximate surface area is 222 Å². The quantitative estimate of drug-likeness (QED) is 0.339. The van der Waals surface area contributed by atoms with Gasteiger partial charge in [0.15, 0.2) is 0 Å². The molecule has 0 saturated carbocycles. The number of benzene rings is 3. The molecule has 0 aromatic heterocycles. The molecule has 0 fully saturated rings. The summed E-state index contributed by atoms with van der Waals surface area (Å²) in [7, 11) is 0. The van der Waals surface area contributed by atoms with Crippen molar-refractivity contribution in [2.24, 2.45) is 0 Å². The van der Waals surface area contributed by atoms with Crippen molar-refractivity contribution in [3.8, 4) is 0 Å². The first-order valence-corrected chi connectivity index (χ1v) is 13.4. The Morgan fingerprint density at radius 3 is 2.22 bits per heavy atom. The largest absolute Gasteiger partial charge is 0.350 e. The number of halogens is 2. The van der Waals surface area contributed by atoms with E-state index in [9.17, 15) is 14.0 Å². The van der Waals surface area contributed by atoms with Crippen molar-refractivity contribution in [1.82, 2.24) is 10.2 Å². The molecule has 190 valence electrons. The van der Waals surface area contributed by atoms with Crippen LogP contribution < -0.4 is 5.32 Å². The van der Waals surface area contributed by atoms with Crippen LogP contribution in [0.3, 0.4) is 0 Å². The Hall–Kier alpha value is -2.83. The van der Waals surface area contributed by atoms with Gasteiger partial charge in [0.05, 0.1) is 5.75 Å². The second-order valence-corrected chi connectivity index (χ2v) is 11.1. The molecule has 2 amide bonds. The lowest BCUT2D eigenvalue weighted by Gasteiger charge is -2.34. The molecule has 0 unspecified atom stereocenters. The van der Waals surface area contributed by atoms with Crippen LogP contribution in [-0.4, -0.2) is 34.0 Å². The highest BCUT2D eigenvalue weighted by Gasteiger charge is 2.32. The molecular formula is C29H32ClFN2O2S. The fraction of sp³-hybridized carbons (Fsp3) is 0.310. The number of carbonyl (C=O) groups is 2. The van der Waals surface area contributed by atoms with Crippen molar-refractivity contribution in [1.29, 1.82) is 0 Å². The third-order valence-electron chi connectivity index (χ3n) is 5.48. The number of nitrogens with one attached hydrogen (secondary N) is 1. The maximum atomic E-state index is 13.6. The predicted octanol–water partition coefficient (Wildman–Crippen LogP) is 6.27. The lowest BCUT2D eigenvalue weighted by atomic mass is 10.0. The lowest BCUT2D eigenvalue weighted by molar-refractivity contribution is -0.140. The minimum atomic E-state index is -0.731. The molecule has 0 radical (unpaired) electrons. The monoisotopic (exact) mass is 526 g/mol. The standard InChI is InChI=1S/C29H32ClFN2O2S/c1-29(2,3)32-28(35)26(17-21-9-5-4-6-10-21)33(18-22-13-15-24(31)16-14-22)27(34)20-36-19-23-11-7-8-12-25(23)30/h4-16,26H,17-20H2,1-3H3,(H,32,35)/t26-/m1/s1. The number of rotatable bonds is 10. The van der Waals surface area contributed by atoms with Crippen LogP contribution in [0.25, 0.3) is 0 Å². The maximum absolute atomic E-state index is 13.6. The fourth-order valence-electron chi connectivity index (χ4n) is 3.74. The summed E-state index contributed by atoms with van der Waals surface area (Å²) in [6, 6.07) is 22.5. The van der Waals surface area contributed by atoms with Gasteiger partial charge in [0, 0.05) is 29.3 Å². The zero-order chi connectivity index (χ0) is 26.1. The highest BCUT2D eigenvalue weighted by molar-refractivity contribution is 7.99. The van der Waals surface area contributed by atoms with E-state index in [2.05, 4.69) is 5.32 Å². The predicted molar refractivity (Wildman–Crippen MR) is 146 cm³/mol. The second-order valence-electron chi connectivity index (χ2n) is 9.68. The number of hydrogen-bond acceptors (Lipinski definition) is 3. The zero-order valence-corrected chi connectivity index (χ0v) is 22.4. The highest BCUT2D eigenvalue weighted by atomic mass is 35.5. The average molecular weight is 527 g/mol. The van der Waals surface area contributed by atoms with E-state index in [-0.39, 0.29) is 29.9 Å². The molecular weight excluding hydrogens is 495 g/mol.